The third kappa shape index (κ3) is 2.55. The zero-order valence-electron chi connectivity index (χ0n) is 9.59. The fourth-order valence-corrected chi connectivity index (χ4v) is 3.16. The van der Waals surface area contributed by atoms with Gasteiger partial charge < -0.3 is 5.73 Å². The summed E-state index contributed by atoms with van der Waals surface area (Å²) in [7, 11) is 0. The van der Waals surface area contributed by atoms with E-state index in [2.05, 4.69) is 55.9 Å². The SMILES string of the molecule is CC(C)c1c(N)n[nH]c1-c1cc(Br)cc(Br)c1. The second-order valence-electron chi connectivity index (χ2n) is 4.21. The Bertz CT molecular complexity index is 526. The molecule has 5 heteroatoms. The van der Waals surface area contributed by atoms with E-state index in [1.165, 1.54) is 0 Å². The Kier molecular flexibility index (Phi) is 3.58. The number of hydrogen-bond acceptors (Lipinski definition) is 2. The number of rotatable bonds is 2. The van der Waals surface area contributed by atoms with Crippen molar-refractivity contribution in [1.29, 1.82) is 0 Å². The summed E-state index contributed by atoms with van der Waals surface area (Å²) >= 11 is 6.97. The molecule has 0 aliphatic carbocycles. The van der Waals surface area contributed by atoms with Gasteiger partial charge >= 0.3 is 0 Å². The standard InChI is InChI=1S/C12H13Br2N3/c1-6(2)10-11(16-17-12(10)15)7-3-8(13)5-9(14)4-7/h3-6H,1-2H3,(H3,15,16,17). The highest BCUT2D eigenvalue weighted by Crippen LogP contribution is 2.34. The van der Waals surface area contributed by atoms with Gasteiger partial charge in [0, 0.05) is 20.1 Å². The molecule has 0 saturated heterocycles. The van der Waals surface area contributed by atoms with Gasteiger partial charge in [-0.25, -0.2) is 0 Å². The van der Waals surface area contributed by atoms with Crippen LogP contribution in [0.5, 0.6) is 0 Å². The van der Waals surface area contributed by atoms with Gasteiger partial charge in [-0.3, -0.25) is 5.10 Å². The fraction of sp³-hybridized carbons (Fsp3) is 0.250. The van der Waals surface area contributed by atoms with E-state index in [9.17, 15) is 0 Å². The Morgan fingerprint density at radius 2 is 1.76 bits per heavy atom. The van der Waals surface area contributed by atoms with Crippen LogP contribution in [-0.4, -0.2) is 10.2 Å². The molecule has 0 unspecified atom stereocenters. The largest absolute Gasteiger partial charge is 0.382 e. The van der Waals surface area contributed by atoms with Crippen molar-refractivity contribution in [2.75, 3.05) is 5.73 Å². The number of nitrogens with one attached hydrogen (secondary N) is 1. The summed E-state index contributed by atoms with van der Waals surface area (Å²) in [6.45, 7) is 4.22. The van der Waals surface area contributed by atoms with Gasteiger partial charge in [0.15, 0.2) is 0 Å². The molecule has 0 aliphatic rings. The summed E-state index contributed by atoms with van der Waals surface area (Å²) < 4.78 is 2.04. The predicted molar refractivity (Wildman–Crippen MR) is 77.9 cm³/mol. The number of hydrogen-bond donors (Lipinski definition) is 2. The lowest BCUT2D eigenvalue weighted by Gasteiger charge is -2.08. The van der Waals surface area contributed by atoms with Crippen LogP contribution in [0.4, 0.5) is 5.82 Å². The number of aromatic amines is 1. The van der Waals surface area contributed by atoms with Crippen LogP contribution in [0.1, 0.15) is 25.3 Å². The van der Waals surface area contributed by atoms with Crippen LogP contribution in [-0.2, 0) is 0 Å². The molecule has 0 saturated carbocycles. The molecule has 0 bridgehead atoms. The van der Waals surface area contributed by atoms with Gasteiger partial charge in [-0.15, -0.1) is 0 Å². The number of nitrogen functional groups attached to an aromatic ring is 1. The van der Waals surface area contributed by atoms with Gasteiger partial charge in [-0.2, -0.15) is 5.10 Å². The monoisotopic (exact) mass is 357 g/mol. The molecular weight excluding hydrogens is 346 g/mol. The quantitative estimate of drug-likeness (QED) is 0.840. The topological polar surface area (TPSA) is 54.7 Å². The molecule has 0 radical (unpaired) electrons. The Morgan fingerprint density at radius 1 is 1.18 bits per heavy atom. The summed E-state index contributed by atoms with van der Waals surface area (Å²) in [4.78, 5) is 0. The number of aromatic nitrogens is 2. The van der Waals surface area contributed by atoms with Crippen LogP contribution < -0.4 is 5.73 Å². The first-order chi connectivity index (χ1) is 7.99. The molecule has 90 valence electrons. The Balaban J connectivity index is 2.60. The van der Waals surface area contributed by atoms with E-state index in [-0.39, 0.29) is 0 Å². The molecule has 0 fully saturated rings. The number of nitrogens with zero attached hydrogens (tertiary/aromatic N) is 1. The molecule has 0 atom stereocenters. The molecule has 2 aromatic rings. The molecule has 1 heterocycles. The summed E-state index contributed by atoms with van der Waals surface area (Å²) in [5.74, 6) is 0.910. The van der Waals surface area contributed by atoms with Crippen LogP contribution in [0.3, 0.4) is 0 Å². The lowest BCUT2D eigenvalue weighted by Crippen LogP contribution is -1.95. The molecule has 3 N–H and O–H groups in total. The minimum Gasteiger partial charge on any atom is -0.382 e. The van der Waals surface area contributed by atoms with Gasteiger partial charge in [-0.1, -0.05) is 45.7 Å². The van der Waals surface area contributed by atoms with Gasteiger partial charge in [0.2, 0.25) is 0 Å². The van der Waals surface area contributed by atoms with Crippen molar-refractivity contribution in [2.24, 2.45) is 0 Å². The lowest BCUT2D eigenvalue weighted by molar-refractivity contribution is 0.873. The van der Waals surface area contributed by atoms with Gasteiger partial charge in [0.05, 0.1) is 5.69 Å². The number of benzene rings is 1. The first-order valence-corrected chi connectivity index (χ1v) is 6.88. The maximum Gasteiger partial charge on any atom is 0.149 e. The molecule has 1 aromatic heterocycles. The van der Waals surface area contributed by atoms with E-state index in [1.54, 1.807) is 0 Å². The molecule has 1 aromatic carbocycles. The van der Waals surface area contributed by atoms with Gasteiger partial charge in [-0.05, 0) is 24.1 Å². The van der Waals surface area contributed by atoms with Crippen LogP contribution in [0.15, 0.2) is 27.1 Å². The minimum absolute atomic E-state index is 0.335. The molecule has 2 rings (SSSR count). The van der Waals surface area contributed by atoms with Gasteiger partial charge in [0.25, 0.3) is 0 Å². The van der Waals surface area contributed by atoms with Crippen molar-refractivity contribution in [1.82, 2.24) is 10.2 Å². The maximum atomic E-state index is 5.89. The predicted octanol–water partition coefficient (Wildman–Crippen LogP) is 4.31. The zero-order valence-corrected chi connectivity index (χ0v) is 12.8. The van der Waals surface area contributed by atoms with E-state index in [0.29, 0.717) is 11.7 Å². The van der Waals surface area contributed by atoms with Crippen molar-refractivity contribution in [3.63, 3.8) is 0 Å². The molecule has 0 aliphatic heterocycles. The van der Waals surface area contributed by atoms with Gasteiger partial charge in [0.1, 0.15) is 5.82 Å². The molecule has 17 heavy (non-hydrogen) atoms. The van der Waals surface area contributed by atoms with E-state index in [4.69, 9.17) is 5.73 Å². The molecular formula is C12H13Br2N3. The number of nitrogens with two attached hydrogens (primary N) is 1. The van der Waals surface area contributed by atoms with Crippen LogP contribution in [0.2, 0.25) is 0 Å². The van der Waals surface area contributed by atoms with Crippen molar-refractivity contribution in [2.45, 2.75) is 19.8 Å². The molecule has 3 nitrogen and oxygen atoms in total. The number of anilines is 1. The zero-order chi connectivity index (χ0) is 12.6. The highest BCUT2D eigenvalue weighted by Gasteiger charge is 2.16. The summed E-state index contributed by atoms with van der Waals surface area (Å²) in [5.41, 5.74) is 9.01. The normalized spacial score (nSPS) is 11.1. The highest BCUT2D eigenvalue weighted by molar-refractivity contribution is 9.11. The van der Waals surface area contributed by atoms with Crippen LogP contribution >= 0.6 is 31.9 Å². The summed E-state index contributed by atoms with van der Waals surface area (Å²) in [5, 5.41) is 7.11. The average Bonchev–Trinajstić information content (AvgIpc) is 2.58. The van der Waals surface area contributed by atoms with E-state index in [1.807, 2.05) is 18.2 Å². The molecule has 0 spiro atoms. The minimum atomic E-state index is 0.335. The maximum absolute atomic E-state index is 5.89. The number of H-pyrrole nitrogens is 1. The molecule has 0 amide bonds. The summed E-state index contributed by atoms with van der Waals surface area (Å²) in [6.07, 6.45) is 0. The third-order valence-electron chi connectivity index (χ3n) is 2.56. The first-order valence-electron chi connectivity index (χ1n) is 5.29. The smallest absolute Gasteiger partial charge is 0.149 e. The van der Waals surface area contributed by atoms with E-state index < -0.39 is 0 Å². The Labute approximate surface area is 117 Å². The Hall–Kier alpha value is -0.810. The summed E-state index contributed by atoms with van der Waals surface area (Å²) in [6, 6.07) is 6.09. The van der Waals surface area contributed by atoms with Crippen molar-refractivity contribution in [3.8, 4) is 11.3 Å². The van der Waals surface area contributed by atoms with Crippen LogP contribution in [0.25, 0.3) is 11.3 Å². The number of halogens is 2. The second kappa shape index (κ2) is 4.82. The van der Waals surface area contributed by atoms with E-state index in [0.717, 1.165) is 25.8 Å². The third-order valence-corrected chi connectivity index (χ3v) is 3.48. The van der Waals surface area contributed by atoms with E-state index >= 15 is 0 Å². The van der Waals surface area contributed by atoms with Crippen molar-refractivity contribution < 1.29 is 0 Å². The highest BCUT2D eigenvalue weighted by atomic mass is 79.9. The fourth-order valence-electron chi connectivity index (χ4n) is 1.87. The van der Waals surface area contributed by atoms with Crippen LogP contribution in [0, 0.1) is 0 Å². The lowest BCUT2D eigenvalue weighted by atomic mass is 9.99. The van der Waals surface area contributed by atoms with Crippen molar-refractivity contribution >= 4 is 37.7 Å². The van der Waals surface area contributed by atoms with Crippen molar-refractivity contribution in [3.05, 3.63) is 32.7 Å². The average molecular weight is 359 g/mol. The first kappa shape index (κ1) is 12.6. The second-order valence-corrected chi connectivity index (χ2v) is 6.04. The Morgan fingerprint density at radius 3 is 2.29 bits per heavy atom.